The van der Waals surface area contributed by atoms with E-state index in [4.69, 9.17) is 9.84 Å². The quantitative estimate of drug-likeness (QED) is 0.847. The van der Waals surface area contributed by atoms with Gasteiger partial charge in [0, 0.05) is 18.5 Å². The second-order valence-electron chi connectivity index (χ2n) is 4.52. The Morgan fingerprint density at radius 2 is 2.20 bits per heavy atom. The van der Waals surface area contributed by atoms with Gasteiger partial charge in [-0.05, 0) is 38.1 Å². The van der Waals surface area contributed by atoms with Gasteiger partial charge in [0.2, 0.25) is 0 Å². The Hall–Kier alpha value is -2.14. The van der Waals surface area contributed by atoms with Crippen LogP contribution in [-0.2, 0) is 4.74 Å². The molecule has 5 heteroatoms. The van der Waals surface area contributed by atoms with Crippen LogP contribution in [0.15, 0.2) is 30.3 Å². The minimum atomic E-state index is -0.942. The maximum absolute atomic E-state index is 11.1. The largest absolute Gasteiger partial charge is 0.478 e. The molecule has 0 radical (unpaired) electrons. The van der Waals surface area contributed by atoms with E-state index in [1.165, 1.54) is 0 Å². The summed E-state index contributed by atoms with van der Waals surface area (Å²) in [6.07, 6.45) is 0.0999. The minimum Gasteiger partial charge on any atom is -0.478 e. The molecule has 0 amide bonds. The fourth-order valence-corrected chi connectivity index (χ4v) is 2.03. The molecule has 2 aromatic rings. The molecule has 0 aliphatic heterocycles. The van der Waals surface area contributed by atoms with Crippen molar-refractivity contribution in [2.75, 3.05) is 18.5 Å². The number of hydrogen-bond acceptors (Lipinski definition) is 4. The summed E-state index contributed by atoms with van der Waals surface area (Å²) in [7, 11) is 0. The Labute approximate surface area is 117 Å². The molecule has 0 aliphatic carbocycles. The van der Waals surface area contributed by atoms with Gasteiger partial charge in [0.05, 0.1) is 17.2 Å². The van der Waals surface area contributed by atoms with Crippen molar-refractivity contribution in [1.82, 2.24) is 4.98 Å². The first-order chi connectivity index (χ1) is 9.61. The lowest BCUT2D eigenvalue weighted by Crippen LogP contribution is -2.20. The molecule has 1 aromatic heterocycles. The average molecular weight is 274 g/mol. The molecule has 1 aromatic carbocycles. The van der Waals surface area contributed by atoms with Gasteiger partial charge in [-0.25, -0.2) is 9.78 Å². The van der Waals surface area contributed by atoms with Gasteiger partial charge in [-0.2, -0.15) is 0 Å². The molecular formula is C15H18N2O3. The summed E-state index contributed by atoms with van der Waals surface area (Å²) >= 11 is 0. The van der Waals surface area contributed by atoms with Crippen LogP contribution < -0.4 is 5.32 Å². The second-order valence-corrected chi connectivity index (χ2v) is 4.52. The smallest absolute Gasteiger partial charge is 0.336 e. The van der Waals surface area contributed by atoms with Crippen LogP contribution in [0.4, 0.5) is 5.82 Å². The van der Waals surface area contributed by atoms with Crippen LogP contribution in [0.25, 0.3) is 10.9 Å². The van der Waals surface area contributed by atoms with Crippen LogP contribution in [0.5, 0.6) is 0 Å². The van der Waals surface area contributed by atoms with E-state index in [0.29, 0.717) is 29.9 Å². The first-order valence-corrected chi connectivity index (χ1v) is 6.60. The van der Waals surface area contributed by atoms with Gasteiger partial charge in [0.15, 0.2) is 0 Å². The van der Waals surface area contributed by atoms with Gasteiger partial charge in [0.1, 0.15) is 5.82 Å². The Kier molecular flexibility index (Phi) is 4.53. The number of fused-ring (bicyclic) bond motifs is 1. The van der Waals surface area contributed by atoms with Crippen molar-refractivity contribution in [2.45, 2.75) is 20.0 Å². The van der Waals surface area contributed by atoms with E-state index in [2.05, 4.69) is 10.3 Å². The molecule has 2 N–H and O–H groups in total. The number of hydrogen-bond donors (Lipinski definition) is 2. The molecular weight excluding hydrogens is 256 g/mol. The number of pyridine rings is 1. The number of ether oxygens (including phenoxy) is 1. The summed E-state index contributed by atoms with van der Waals surface area (Å²) in [5.41, 5.74) is 0.934. The predicted molar refractivity (Wildman–Crippen MR) is 78.3 cm³/mol. The first kappa shape index (κ1) is 14.3. The van der Waals surface area contributed by atoms with Crippen molar-refractivity contribution in [3.63, 3.8) is 0 Å². The summed E-state index contributed by atoms with van der Waals surface area (Å²) < 4.78 is 5.43. The van der Waals surface area contributed by atoms with Gasteiger partial charge in [-0.3, -0.25) is 0 Å². The fourth-order valence-electron chi connectivity index (χ4n) is 2.03. The van der Waals surface area contributed by atoms with E-state index in [1.54, 1.807) is 30.3 Å². The zero-order chi connectivity index (χ0) is 14.5. The van der Waals surface area contributed by atoms with Crippen molar-refractivity contribution in [3.8, 4) is 0 Å². The van der Waals surface area contributed by atoms with Crippen LogP contribution in [0.3, 0.4) is 0 Å². The monoisotopic (exact) mass is 274 g/mol. The molecule has 1 atom stereocenters. The molecule has 0 spiro atoms. The van der Waals surface area contributed by atoms with Crippen molar-refractivity contribution in [1.29, 1.82) is 0 Å². The maximum atomic E-state index is 11.1. The van der Waals surface area contributed by atoms with Gasteiger partial charge in [0.25, 0.3) is 0 Å². The average Bonchev–Trinajstić information content (AvgIpc) is 2.44. The normalized spacial score (nSPS) is 12.3. The SMILES string of the molecule is CCOC(C)CNc1ccc2c(C(=O)O)cccc2n1. The topological polar surface area (TPSA) is 71.5 Å². The molecule has 106 valence electrons. The highest BCUT2D eigenvalue weighted by Gasteiger charge is 2.09. The summed E-state index contributed by atoms with van der Waals surface area (Å²) in [5, 5.41) is 13.0. The highest BCUT2D eigenvalue weighted by molar-refractivity contribution is 6.02. The maximum Gasteiger partial charge on any atom is 0.336 e. The summed E-state index contributed by atoms with van der Waals surface area (Å²) in [6.45, 7) is 5.28. The van der Waals surface area contributed by atoms with Gasteiger partial charge in [-0.15, -0.1) is 0 Å². The first-order valence-electron chi connectivity index (χ1n) is 6.60. The molecule has 2 rings (SSSR count). The molecule has 0 aliphatic rings. The van der Waals surface area contributed by atoms with E-state index in [9.17, 15) is 4.79 Å². The van der Waals surface area contributed by atoms with Crippen LogP contribution in [0.2, 0.25) is 0 Å². The third-order valence-electron chi connectivity index (χ3n) is 2.98. The number of carbonyl (C=O) groups is 1. The van der Waals surface area contributed by atoms with E-state index in [1.807, 2.05) is 13.8 Å². The zero-order valence-corrected chi connectivity index (χ0v) is 11.6. The second kappa shape index (κ2) is 6.34. The highest BCUT2D eigenvalue weighted by Crippen LogP contribution is 2.19. The van der Waals surface area contributed by atoms with E-state index in [0.717, 1.165) is 0 Å². The van der Waals surface area contributed by atoms with Gasteiger partial charge < -0.3 is 15.2 Å². The fraction of sp³-hybridized carbons (Fsp3) is 0.333. The summed E-state index contributed by atoms with van der Waals surface area (Å²) in [6, 6.07) is 8.65. The highest BCUT2D eigenvalue weighted by atomic mass is 16.5. The van der Waals surface area contributed by atoms with Crippen molar-refractivity contribution >= 4 is 22.7 Å². The molecule has 0 fully saturated rings. The van der Waals surface area contributed by atoms with E-state index >= 15 is 0 Å². The van der Waals surface area contributed by atoms with Crippen molar-refractivity contribution < 1.29 is 14.6 Å². The predicted octanol–water partition coefficient (Wildman–Crippen LogP) is 2.77. The van der Waals surface area contributed by atoms with Crippen LogP contribution >= 0.6 is 0 Å². The standard InChI is InChI=1S/C15H18N2O3/c1-3-20-10(2)9-16-14-8-7-11-12(15(18)19)5-4-6-13(11)17-14/h4-8,10H,3,9H2,1-2H3,(H,16,17)(H,18,19). The number of nitrogens with zero attached hydrogens (tertiary/aromatic N) is 1. The molecule has 1 heterocycles. The van der Waals surface area contributed by atoms with Gasteiger partial charge in [-0.1, -0.05) is 6.07 Å². The van der Waals surface area contributed by atoms with Crippen LogP contribution in [0.1, 0.15) is 24.2 Å². The number of benzene rings is 1. The molecule has 0 saturated heterocycles. The third-order valence-corrected chi connectivity index (χ3v) is 2.98. The van der Waals surface area contributed by atoms with E-state index in [-0.39, 0.29) is 11.7 Å². The molecule has 0 saturated carbocycles. The number of anilines is 1. The Morgan fingerprint density at radius 3 is 2.90 bits per heavy atom. The lowest BCUT2D eigenvalue weighted by Gasteiger charge is -2.13. The molecule has 5 nitrogen and oxygen atoms in total. The summed E-state index contributed by atoms with van der Waals surface area (Å²) in [4.78, 5) is 15.5. The Morgan fingerprint density at radius 1 is 1.40 bits per heavy atom. The lowest BCUT2D eigenvalue weighted by molar-refractivity contribution is 0.0699. The van der Waals surface area contributed by atoms with Crippen LogP contribution in [0, 0.1) is 0 Å². The minimum absolute atomic E-state index is 0.0999. The number of rotatable bonds is 6. The number of carboxylic acids is 1. The third kappa shape index (κ3) is 3.24. The number of carboxylic acid groups (broad SMARTS) is 1. The Balaban J connectivity index is 2.20. The number of nitrogens with one attached hydrogen (secondary N) is 1. The van der Waals surface area contributed by atoms with Crippen molar-refractivity contribution in [3.05, 3.63) is 35.9 Å². The van der Waals surface area contributed by atoms with Crippen molar-refractivity contribution in [2.24, 2.45) is 0 Å². The van der Waals surface area contributed by atoms with Gasteiger partial charge >= 0.3 is 5.97 Å². The van der Waals surface area contributed by atoms with Crippen LogP contribution in [-0.4, -0.2) is 35.3 Å². The molecule has 0 bridgehead atoms. The summed E-state index contributed by atoms with van der Waals surface area (Å²) in [5.74, 6) is -0.227. The lowest BCUT2D eigenvalue weighted by atomic mass is 10.1. The molecule has 1 unspecified atom stereocenters. The van der Waals surface area contributed by atoms with E-state index < -0.39 is 5.97 Å². The number of aromatic nitrogens is 1. The molecule has 20 heavy (non-hydrogen) atoms. The zero-order valence-electron chi connectivity index (χ0n) is 11.6. The Bertz CT molecular complexity index is 613. The number of aromatic carboxylic acids is 1.